The highest BCUT2D eigenvalue weighted by Gasteiger charge is 2.16. The van der Waals surface area contributed by atoms with Gasteiger partial charge < -0.3 is 10.2 Å². The van der Waals surface area contributed by atoms with Gasteiger partial charge in [0.1, 0.15) is 11.8 Å². The van der Waals surface area contributed by atoms with Crippen LogP contribution in [0, 0.1) is 11.3 Å². The second-order valence-electron chi connectivity index (χ2n) is 6.11. The van der Waals surface area contributed by atoms with Gasteiger partial charge >= 0.3 is 0 Å². The van der Waals surface area contributed by atoms with E-state index < -0.39 is 0 Å². The van der Waals surface area contributed by atoms with E-state index in [1.165, 1.54) is 0 Å². The van der Waals surface area contributed by atoms with E-state index in [9.17, 15) is 5.26 Å². The lowest BCUT2D eigenvalue weighted by molar-refractivity contribution is 0.589. The lowest BCUT2D eigenvalue weighted by atomic mass is 10.1. The Bertz CT molecular complexity index is 951. The molecule has 1 aromatic heterocycles. The number of rotatable bonds is 3. The third-order valence-electron chi connectivity index (χ3n) is 4.46. The maximum absolute atomic E-state index is 9.58. The lowest BCUT2D eigenvalue weighted by Gasteiger charge is -2.30. The second kappa shape index (κ2) is 7.16. The van der Waals surface area contributed by atoms with Gasteiger partial charge in [0.2, 0.25) is 0 Å². The van der Waals surface area contributed by atoms with Crippen LogP contribution < -0.4 is 10.2 Å². The van der Waals surface area contributed by atoms with Crippen LogP contribution in [-0.2, 0) is 0 Å². The van der Waals surface area contributed by atoms with Crippen LogP contribution in [0.25, 0.3) is 16.9 Å². The zero-order valence-corrected chi connectivity index (χ0v) is 14.8. The zero-order chi connectivity index (χ0) is 17.9. The number of hydrogen-bond donors (Lipinski definition) is 1. The Morgan fingerprint density at radius 1 is 1.08 bits per heavy atom. The largest absolute Gasteiger partial charge is 0.368 e. The molecule has 2 aromatic carbocycles. The summed E-state index contributed by atoms with van der Waals surface area (Å²) in [5.74, 6) is 0. The van der Waals surface area contributed by atoms with Crippen LogP contribution in [0.2, 0.25) is 5.02 Å². The molecule has 3 aromatic rings. The number of nitrogens with zero attached hydrogens (tertiary/aromatic N) is 5. The average molecular weight is 365 g/mol. The number of halogens is 1. The van der Waals surface area contributed by atoms with Crippen molar-refractivity contribution in [2.24, 2.45) is 0 Å². The molecule has 4 rings (SSSR count). The van der Waals surface area contributed by atoms with E-state index in [1.807, 2.05) is 48.7 Å². The number of piperazine rings is 1. The molecule has 1 aliphatic rings. The lowest BCUT2D eigenvalue weighted by Crippen LogP contribution is -2.43. The first kappa shape index (κ1) is 16.6. The summed E-state index contributed by atoms with van der Waals surface area (Å²) in [6.07, 6.45) is 1.85. The minimum absolute atomic E-state index is 0.658. The van der Waals surface area contributed by atoms with E-state index in [-0.39, 0.29) is 0 Å². The molecule has 0 amide bonds. The zero-order valence-electron chi connectivity index (χ0n) is 14.1. The molecule has 1 saturated heterocycles. The van der Waals surface area contributed by atoms with Gasteiger partial charge in [-0.1, -0.05) is 22.9 Å². The monoisotopic (exact) mass is 364 g/mol. The highest BCUT2D eigenvalue weighted by atomic mass is 35.5. The minimum atomic E-state index is 0.658. The Kier molecular flexibility index (Phi) is 4.57. The highest BCUT2D eigenvalue weighted by Crippen LogP contribution is 2.27. The van der Waals surface area contributed by atoms with Crippen LogP contribution in [0.3, 0.4) is 0 Å². The molecule has 2 heterocycles. The van der Waals surface area contributed by atoms with E-state index in [4.69, 9.17) is 11.6 Å². The van der Waals surface area contributed by atoms with Crippen LogP contribution in [-0.4, -0.2) is 41.2 Å². The highest BCUT2D eigenvalue weighted by molar-refractivity contribution is 6.30. The van der Waals surface area contributed by atoms with E-state index in [2.05, 4.69) is 26.6 Å². The standard InChI is InChI=1S/C19H17ClN6/c20-16-2-4-17(5-3-16)26-13-18(23-24-26)14-1-6-19(15(11-14)12-21)25-9-7-22-8-10-25/h1-6,11,13,22H,7-10H2. The fraction of sp³-hybridized carbons (Fsp3) is 0.211. The third kappa shape index (κ3) is 3.27. The van der Waals surface area contributed by atoms with Crippen molar-refractivity contribution in [1.29, 1.82) is 5.26 Å². The molecule has 0 unspecified atom stereocenters. The first-order valence-corrected chi connectivity index (χ1v) is 8.81. The summed E-state index contributed by atoms with van der Waals surface area (Å²) < 4.78 is 1.70. The molecule has 26 heavy (non-hydrogen) atoms. The summed E-state index contributed by atoms with van der Waals surface area (Å²) in [7, 11) is 0. The van der Waals surface area contributed by atoms with Gasteiger partial charge in [0.15, 0.2) is 0 Å². The molecule has 1 aliphatic heterocycles. The summed E-state index contributed by atoms with van der Waals surface area (Å²) in [6, 6.07) is 15.6. The van der Waals surface area contributed by atoms with Crippen LogP contribution in [0.5, 0.6) is 0 Å². The molecule has 0 radical (unpaired) electrons. The molecule has 130 valence electrons. The fourth-order valence-corrected chi connectivity index (χ4v) is 3.21. The number of hydrogen-bond acceptors (Lipinski definition) is 5. The molecular weight excluding hydrogens is 348 g/mol. The van der Waals surface area contributed by atoms with Gasteiger partial charge in [-0.05, 0) is 36.4 Å². The van der Waals surface area contributed by atoms with Crippen molar-refractivity contribution < 1.29 is 0 Å². The minimum Gasteiger partial charge on any atom is -0.368 e. The topological polar surface area (TPSA) is 69.8 Å². The summed E-state index contributed by atoms with van der Waals surface area (Å²) in [6.45, 7) is 3.67. The Morgan fingerprint density at radius 3 is 2.58 bits per heavy atom. The molecule has 0 saturated carbocycles. The van der Waals surface area contributed by atoms with Gasteiger partial charge in [-0.2, -0.15) is 5.26 Å². The predicted octanol–water partition coefficient (Wildman–Crippen LogP) is 2.87. The van der Waals surface area contributed by atoms with Crippen molar-refractivity contribution in [2.75, 3.05) is 31.1 Å². The van der Waals surface area contributed by atoms with Gasteiger partial charge in [-0.15, -0.1) is 5.10 Å². The Labute approximate surface area is 156 Å². The fourth-order valence-electron chi connectivity index (χ4n) is 3.08. The SMILES string of the molecule is N#Cc1cc(-c2cn(-c3ccc(Cl)cc3)nn2)ccc1N1CCNCC1. The Morgan fingerprint density at radius 2 is 1.85 bits per heavy atom. The quantitative estimate of drug-likeness (QED) is 0.773. The van der Waals surface area contributed by atoms with Crippen LogP contribution >= 0.6 is 11.6 Å². The normalized spacial score (nSPS) is 14.2. The predicted molar refractivity (Wildman–Crippen MR) is 102 cm³/mol. The molecule has 1 N–H and O–H groups in total. The maximum Gasteiger partial charge on any atom is 0.113 e. The molecule has 0 atom stereocenters. The van der Waals surface area contributed by atoms with E-state index >= 15 is 0 Å². The third-order valence-corrected chi connectivity index (χ3v) is 4.71. The summed E-state index contributed by atoms with van der Waals surface area (Å²) in [5, 5.41) is 22.0. The van der Waals surface area contributed by atoms with Crippen LogP contribution in [0.1, 0.15) is 5.56 Å². The van der Waals surface area contributed by atoms with Crippen molar-refractivity contribution in [2.45, 2.75) is 0 Å². The van der Waals surface area contributed by atoms with Gasteiger partial charge in [0, 0.05) is 36.8 Å². The molecule has 0 bridgehead atoms. The van der Waals surface area contributed by atoms with E-state index in [1.54, 1.807) is 4.68 Å². The van der Waals surface area contributed by atoms with Crippen LogP contribution in [0.4, 0.5) is 5.69 Å². The van der Waals surface area contributed by atoms with Gasteiger partial charge in [0.05, 0.1) is 23.1 Å². The first-order valence-electron chi connectivity index (χ1n) is 8.43. The van der Waals surface area contributed by atoms with E-state index in [0.717, 1.165) is 48.8 Å². The second-order valence-corrected chi connectivity index (χ2v) is 6.54. The molecule has 6 nitrogen and oxygen atoms in total. The molecule has 0 spiro atoms. The summed E-state index contributed by atoms with van der Waals surface area (Å²) in [4.78, 5) is 2.24. The molecule has 1 fully saturated rings. The average Bonchev–Trinajstić information content (AvgIpc) is 3.19. The molecular formula is C19H17ClN6. The van der Waals surface area contributed by atoms with Crippen molar-refractivity contribution in [3.05, 3.63) is 59.2 Å². The molecule has 7 heteroatoms. The molecule has 0 aliphatic carbocycles. The number of nitrogens with one attached hydrogen (secondary N) is 1. The van der Waals surface area contributed by atoms with Crippen molar-refractivity contribution >= 4 is 17.3 Å². The van der Waals surface area contributed by atoms with Gasteiger partial charge in [-0.3, -0.25) is 0 Å². The summed E-state index contributed by atoms with van der Waals surface area (Å²) in [5.41, 5.74) is 4.11. The number of benzene rings is 2. The Hall–Kier alpha value is -2.88. The maximum atomic E-state index is 9.58. The summed E-state index contributed by atoms with van der Waals surface area (Å²) >= 11 is 5.93. The first-order chi connectivity index (χ1) is 12.7. The smallest absolute Gasteiger partial charge is 0.113 e. The van der Waals surface area contributed by atoms with Crippen molar-refractivity contribution in [3.8, 4) is 23.0 Å². The van der Waals surface area contributed by atoms with Crippen LogP contribution in [0.15, 0.2) is 48.7 Å². The Balaban J connectivity index is 1.64. The van der Waals surface area contributed by atoms with Crippen molar-refractivity contribution in [3.63, 3.8) is 0 Å². The van der Waals surface area contributed by atoms with Gasteiger partial charge in [-0.25, -0.2) is 4.68 Å². The number of aromatic nitrogens is 3. The van der Waals surface area contributed by atoms with E-state index in [0.29, 0.717) is 10.6 Å². The van der Waals surface area contributed by atoms with Gasteiger partial charge in [0.25, 0.3) is 0 Å². The number of anilines is 1. The number of nitriles is 1. The van der Waals surface area contributed by atoms with Crippen molar-refractivity contribution in [1.82, 2.24) is 20.3 Å².